The predicted molar refractivity (Wildman–Crippen MR) is 63.2 cm³/mol. The zero-order valence-corrected chi connectivity index (χ0v) is 10.2. The summed E-state index contributed by atoms with van der Waals surface area (Å²) < 4.78 is 1.82. The Bertz CT molecular complexity index is 420. The maximum absolute atomic E-state index is 4.21. The lowest BCUT2D eigenvalue weighted by molar-refractivity contribution is 0.580. The van der Waals surface area contributed by atoms with Crippen molar-refractivity contribution < 1.29 is 0 Å². The summed E-state index contributed by atoms with van der Waals surface area (Å²) in [6.45, 7) is 5.68. The van der Waals surface area contributed by atoms with Crippen molar-refractivity contribution in [2.24, 2.45) is 0 Å². The molecule has 0 aliphatic rings. The van der Waals surface area contributed by atoms with E-state index in [0.29, 0.717) is 12.6 Å². The molecular formula is C10H15N5S. The van der Waals surface area contributed by atoms with Crippen LogP contribution in [0.2, 0.25) is 0 Å². The first-order chi connectivity index (χ1) is 7.74. The number of thiazole rings is 1. The summed E-state index contributed by atoms with van der Waals surface area (Å²) in [5.41, 5.74) is 0.963. The van der Waals surface area contributed by atoms with Gasteiger partial charge in [-0.1, -0.05) is 19.1 Å². The standard InChI is InChI=1S/C10H15N5S/c1-8(2)12-5-9-6-15(14-13-9)7-10-11-3-4-16-10/h3-4,6,8,12H,5,7H2,1-2H3. The van der Waals surface area contributed by atoms with Crippen molar-refractivity contribution >= 4 is 11.3 Å². The monoisotopic (exact) mass is 237 g/mol. The first-order valence-electron chi connectivity index (χ1n) is 5.25. The van der Waals surface area contributed by atoms with Gasteiger partial charge in [0, 0.05) is 24.2 Å². The average Bonchev–Trinajstić information content (AvgIpc) is 2.87. The van der Waals surface area contributed by atoms with Crippen molar-refractivity contribution in [1.82, 2.24) is 25.3 Å². The first kappa shape index (κ1) is 11.2. The zero-order chi connectivity index (χ0) is 11.4. The predicted octanol–water partition coefficient (Wildman–Crippen LogP) is 1.28. The fourth-order valence-corrected chi connectivity index (χ4v) is 1.88. The molecule has 0 saturated heterocycles. The van der Waals surface area contributed by atoms with Crippen LogP contribution in [0.15, 0.2) is 17.8 Å². The topological polar surface area (TPSA) is 55.6 Å². The van der Waals surface area contributed by atoms with Gasteiger partial charge in [-0.3, -0.25) is 0 Å². The Morgan fingerprint density at radius 3 is 3.06 bits per heavy atom. The van der Waals surface area contributed by atoms with Crippen LogP contribution >= 0.6 is 11.3 Å². The quantitative estimate of drug-likeness (QED) is 0.851. The van der Waals surface area contributed by atoms with Gasteiger partial charge in [-0.05, 0) is 0 Å². The van der Waals surface area contributed by atoms with Gasteiger partial charge in [-0.25, -0.2) is 9.67 Å². The molecule has 0 aliphatic carbocycles. The lowest BCUT2D eigenvalue weighted by Gasteiger charge is -2.03. The Balaban J connectivity index is 1.92. The van der Waals surface area contributed by atoms with Gasteiger partial charge in [0.2, 0.25) is 0 Å². The average molecular weight is 237 g/mol. The highest BCUT2D eigenvalue weighted by molar-refractivity contribution is 7.09. The Morgan fingerprint density at radius 2 is 2.38 bits per heavy atom. The van der Waals surface area contributed by atoms with Crippen LogP contribution in [0.1, 0.15) is 24.5 Å². The highest BCUT2D eigenvalue weighted by Crippen LogP contribution is 2.05. The fraction of sp³-hybridized carbons (Fsp3) is 0.500. The van der Waals surface area contributed by atoms with Gasteiger partial charge in [0.05, 0.1) is 18.4 Å². The van der Waals surface area contributed by atoms with Gasteiger partial charge in [-0.15, -0.1) is 16.4 Å². The molecule has 0 amide bonds. The van der Waals surface area contributed by atoms with E-state index in [1.807, 2.05) is 16.3 Å². The van der Waals surface area contributed by atoms with E-state index in [1.165, 1.54) is 0 Å². The van der Waals surface area contributed by atoms with Crippen LogP contribution in [0.25, 0.3) is 0 Å². The van der Waals surface area contributed by atoms with Gasteiger partial charge in [0.15, 0.2) is 0 Å². The molecule has 0 radical (unpaired) electrons. The number of rotatable bonds is 5. The van der Waals surface area contributed by atoms with Gasteiger partial charge in [0.1, 0.15) is 5.01 Å². The molecule has 0 spiro atoms. The van der Waals surface area contributed by atoms with E-state index in [0.717, 1.165) is 17.2 Å². The van der Waals surface area contributed by atoms with Crippen LogP contribution < -0.4 is 5.32 Å². The minimum Gasteiger partial charge on any atom is -0.309 e. The maximum Gasteiger partial charge on any atom is 0.114 e. The van der Waals surface area contributed by atoms with Crippen LogP contribution in [0.3, 0.4) is 0 Å². The third-order valence-electron chi connectivity index (χ3n) is 2.06. The number of hydrogen-bond donors (Lipinski definition) is 1. The van der Waals surface area contributed by atoms with Crippen LogP contribution in [0, 0.1) is 0 Å². The van der Waals surface area contributed by atoms with Crippen LogP contribution in [0.4, 0.5) is 0 Å². The van der Waals surface area contributed by atoms with Crippen molar-refractivity contribution in [3.05, 3.63) is 28.5 Å². The molecule has 0 saturated carbocycles. The summed E-state index contributed by atoms with van der Waals surface area (Å²) in [5.74, 6) is 0. The van der Waals surface area contributed by atoms with E-state index >= 15 is 0 Å². The number of nitrogens with zero attached hydrogens (tertiary/aromatic N) is 4. The molecule has 0 aliphatic heterocycles. The maximum atomic E-state index is 4.21. The first-order valence-corrected chi connectivity index (χ1v) is 6.13. The molecule has 0 aromatic carbocycles. The molecule has 0 fully saturated rings. The van der Waals surface area contributed by atoms with Crippen LogP contribution in [-0.2, 0) is 13.1 Å². The highest BCUT2D eigenvalue weighted by Gasteiger charge is 2.03. The van der Waals surface area contributed by atoms with E-state index in [1.54, 1.807) is 17.5 Å². The minimum absolute atomic E-state index is 0.462. The molecule has 16 heavy (non-hydrogen) atoms. The SMILES string of the molecule is CC(C)NCc1cn(Cc2nccs2)nn1. The lowest BCUT2D eigenvalue weighted by Crippen LogP contribution is -2.21. The molecule has 6 heteroatoms. The van der Waals surface area contributed by atoms with Crippen molar-refractivity contribution in [2.75, 3.05) is 0 Å². The second-order valence-corrected chi connectivity index (χ2v) is 4.85. The number of hydrogen-bond acceptors (Lipinski definition) is 5. The van der Waals surface area contributed by atoms with E-state index in [9.17, 15) is 0 Å². The van der Waals surface area contributed by atoms with Crippen molar-refractivity contribution in [1.29, 1.82) is 0 Å². The van der Waals surface area contributed by atoms with E-state index in [4.69, 9.17) is 0 Å². The van der Waals surface area contributed by atoms with Crippen LogP contribution in [0.5, 0.6) is 0 Å². The molecule has 2 aromatic heterocycles. The molecule has 2 aromatic rings. The number of nitrogens with one attached hydrogen (secondary N) is 1. The molecule has 0 unspecified atom stereocenters. The molecule has 86 valence electrons. The summed E-state index contributed by atoms with van der Waals surface area (Å²) in [6, 6.07) is 0.462. The van der Waals surface area contributed by atoms with Gasteiger partial charge >= 0.3 is 0 Å². The second-order valence-electron chi connectivity index (χ2n) is 3.87. The lowest BCUT2D eigenvalue weighted by atomic mass is 10.3. The summed E-state index contributed by atoms with van der Waals surface area (Å²) in [5, 5.41) is 14.5. The van der Waals surface area contributed by atoms with Gasteiger partial charge in [-0.2, -0.15) is 0 Å². The molecule has 5 nitrogen and oxygen atoms in total. The summed E-state index contributed by atoms with van der Waals surface area (Å²) >= 11 is 1.63. The summed E-state index contributed by atoms with van der Waals surface area (Å²) in [7, 11) is 0. The van der Waals surface area contributed by atoms with Crippen molar-refractivity contribution in [3.63, 3.8) is 0 Å². The Kier molecular flexibility index (Phi) is 3.63. The summed E-state index contributed by atoms with van der Waals surface area (Å²) in [6.07, 6.45) is 3.76. The number of aromatic nitrogens is 4. The van der Waals surface area contributed by atoms with Crippen LogP contribution in [-0.4, -0.2) is 26.0 Å². The van der Waals surface area contributed by atoms with Gasteiger partial charge in [0.25, 0.3) is 0 Å². The van der Waals surface area contributed by atoms with E-state index < -0.39 is 0 Å². The fourth-order valence-electron chi connectivity index (χ4n) is 1.28. The molecule has 2 heterocycles. The Labute approximate surface area is 98.5 Å². The second kappa shape index (κ2) is 5.18. The molecule has 2 rings (SSSR count). The third kappa shape index (κ3) is 3.11. The molecule has 1 N–H and O–H groups in total. The minimum atomic E-state index is 0.462. The van der Waals surface area contributed by atoms with Crippen molar-refractivity contribution in [3.8, 4) is 0 Å². The third-order valence-corrected chi connectivity index (χ3v) is 2.82. The van der Waals surface area contributed by atoms with Gasteiger partial charge < -0.3 is 5.32 Å². The summed E-state index contributed by atoms with van der Waals surface area (Å²) in [4.78, 5) is 4.21. The molecule has 0 bridgehead atoms. The molecular weight excluding hydrogens is 222 g/mol. The largest absolute Gasteiger partial charge is 0.309 e. The van der Waals surface area contributed by atoms with Crippen molar-refractivity contribution in [2.45, 2.75) is 33.0 Å². The highest BCUT2D eigenvalue weighted by atomic mass is 32.1. The van der Waals surface area contributed by atoms with E-state index in [2.05, 4.69) is 34.5 Å². The normalized spacial score (nSPS) is 11.2. The zero-order valence-electron chi connectivity index (χ0n) is 9.42. The smallest absolute Gasteiger partial charge is 0.114 e. The Morgan fingerprint density at radius 1 is 1.50 bits per heavy atom. The van der Waals surface area contributed by atoms with E-state index in [-0.39, 0.29) is 0 Å². The Hall–Kier alpha value is -1.27. The molecule has 0 atom stereocenters.